The highest BCUT2D eigenvalue weighted by Gasteiger charge is 2.36. The molecule has 1 saturated carbocycles. The van der Waals surface area contributed by atoms with Gasteiger partial charge in [0.15, 0.2) is 0 Å². The van der Waals surface area contributed by atoms with Crippen molar-refractivity contribution < 1.29 is 4.74 Å². The average Bonchev–Trinajstić information content (AvgIpc) is 2.02. The molecule has 2 heteroatoms. The molecule has 0 saturated heterocycles. The summed E-state index contributed by atoms with van der Waals surface area (Å²) in [6, 6.07) is 0. The van der Waals surface area contributed by atoms with Gasteiger partial charge < -0.3 is 10.1 Å². The van der Waals surface area contributed by atoms with E-state index < -0.39 is 0 Å². The minimum atomic E-state index is 0.168. The molecule has 0 aromatic heterocycles. The van der Waals surface area contributed by atoms with Gasteiger partial charge >= 0.3 is 0 Å². The van der Waals surface area contributed by atoms with E-state index in [1.54, 1.807) is 0 Å². The molecule has 0 heterocycles. The first-order valence-electron chi connectivity index (χ1n) is 4.70. The number of nitrogens with one attached hydrogen (secondary N) is 1. The number of hydrogen-bond donors (Lipinski definition) is 1. The van der Waals surface area contributed by atoms with Crippen molar-refractivity contribution in [2.45, 2.75) is 31.3 Å². The van der Waals surface area contributed by atoms with Crippen LogP contribution >= 0.6 is 0 Å². The van der Waals surface area contributed by atoms with E-state index in [4.69, 9.17) is 4.74 Å². The summed E-state index contributed by atoms with van der Waals surface area (Å²) in [4.78, 5) is 0. The number of methoxy groups -OCH3 is 1. The third kappa shape index (κ3) is 2.32. The van der Waals surface area contributed by atoms with Crippen LogP contribution in [-0.2, 0) is 4.74 Å². The molecule has 1 fully saturated rings. The lowest BCUT2D eigenvalue weighted by atomic mass is 9.80. The fraction of sp³-hybridized carbons (Fsp3) is 0.800. The molecular weight excluding hydrogens is 150 g/mol. The third-order valence-electron chi connectivity index (χ3n) is 2.67. The van der Waals surface area contributed by atoms with Gasteiger partial charge in [-0.15, -0.1) is 6.58 Å². The van der Waals surface area contributed by atoms with Crippen LogP contribution in [-0.4, -0.2) is 25.8 Å². The molecular formula is C10H19NO. The van der Waals surface area contributed by atoms with Gasteiger partial charge in [0.25, 0.3) is 0 Å². The van der Waals surface area contributed by atoms with Gasteiger partial charge in [-0.05, 0) is 32.2 Å². The molecule has 0 aliphatic heterocycles. The molecule has 0 aromatic carbocycles. The van der Waals surface area contributed by atoms with Gasteiger partial charge in [0, 0.05) is 13.7 Å². The van der Waals surface area contributed by atoms with Crippen molar-refractivity contribution in [1.82, 2.24) is 5.32 Å². The Morgan fingerprint density at radius 3 is 2.75 bits per heavy atom. The van der Waals surface area contributed by atoms with Crippen molar-refractivity contribution in [3.05, 3.63) is 12.7 Å². The molecule has 1 rings (SSSR count). The second-order valence-electron chi connectivity index (χ2n) is 3.49. The third-order valence-corrected chi connectivity index (χ3v) is 2.67. The Balaban J connectivity index is 2.07. The van der Waals surface area contributed by atoms with Crippen LogP contribution in [0.5, 0.6) is 0 Å². The summed E-state index contributed by atoms with van der Waals surface area (Å²) in [7, 11) is 1.81. The van der Waals surface area contributed by atoms with Gasteiger partial charge in [0.05, 0.1) is 5.60 Å². The highest BCUT2D eigenvalue weighted by Crippen LogP contribution is 2.34. The highest BCUT2D eigenvalue weighted by molar-refractivity contribution is 4.91. The Labute approximate surface area is 75.0 Å². The van der Waals surface area contributed by atoms with Crippen LogP contribution < -0.4 is 5.32 Å². The number of ether oxygens (including phenoxy) is 1. The molecule has 1 aliphatic carbocycles. The fourth-order valence-electron chi connectivity index (χ4n) is 1.54. The van der Waals surface area contributed by atoms with Crippen LogP contribution in [0.15, 0.2) is 12.7 Å². The lowest BCUT2D eigenvalue weighted by Gasteiger charge is -2.40. The first kappa shape index (κ1) is 9.75. The van der Waals surface area contributed by atoms with Crippen LogP contribution in [0.3, 0.4) is 0 Å². The first-order chi connectivity index (χ1) is 5.83. The van der Waals surface area contributed by atoms with Crippen molar-refractivity contribution in [3.8, 4) is 0 Å². The maximum Gasteiger partial charge on any atom is 0.0802 e. The van der Waals surface area contributed by atoms with E-state index in [9.17, 15) is 0 Å². The van der Waals surface area contributed by atoms with Crippen molar-refractivity contribution >= 4 is 0 Å². The molecule has 1 N–H and O–H groups in total. The molecule has 0 amide bonds. The van der Waals surface area contributed by atoms with Crippen LogP contribution in [0, 0.1) is 0 Å². The minimum Gasteiger partial charge on any atom is -0.377 e. The van der Waals surface area contributed by atoms with Gasteiger partial charge in [-0.1, -0.05) is 6.08 Å². The maximum atomic E-state index is 5.47. The zero-order valence-corrected chi connectivity index (χ0v) is 7.94. The summed E-state index contributed by atoms with van der Waals surface area (Å²) < 4.78 is 5.47. The number of rotatable bonds is 6. The molecule has 0 bridgehead atoms. The zero-order valence-electron chi connectivity index (χ0n) is 7.94. The summed E-state index contributed by atoms with van der Waals surface area (Å²) in [5, 5.41) is 3.38. The Bertz CT molecular complexity index is 135. The Hall–Kier alpha value is -0.340. The van der Waals surface area contributed by atoms with E-state index in [-0.39, 0.29) is 5.60 Å². The average molecular weight is 169 g/mol. The predicted octanol–water partition coefficient (Wildman–Crippen LogP) is 1.72. The standard InChI is InChI=1S/C10H19NO/c1-3-4-8-11-9-10(12-2)6-5-7-10/h3,11H,1,4-9H2,2H3. The lowest BCUT2D eigenvalue weighted by molar-refractivity contribution is -0.0691. The van der Waals surface area contributed by atoms with Crippen molar-refractivity contribution in [1.29, 1.82) is 0 Å². The van der Waals surface area contributed by atoms with E-state index in [0.29, 0.717) is 0 Å². The second-order valence-corrected chi connectivity index (χ2v) is 3.49. The quantitative estimate of drug-likeness (QED) is 0.483. The molecule has 0 aromatic rings. The van der Waals surface area contributed by atoms with Crippen LogP contribution in [0.2, 0.25) is 0 Å². The van der Waals surface area contributed by atoms with Gasteiger partial charge in [-0.3, -0.25) is 0 Å². The normalized spacial score (nSPS) is 20.1. The largest absolute Gasteiger partial charge is 0.377 e. The van der Waals surface area contributed by atoms with Gasteiger partial charge in [-0.25, -0.2) is 0 Å². The van der Waals surface area contributed by atoms with Gasteiger partial charge in [0.1, 0.15) is 0 Å². The smallest absolute Gasteiger partial charge is 0.0802 e. The molecule has 1 aliphatic rings. The Morgan fingerprint density at radius 2 is 2.33 bits per heavy atom. The van der Waals surface area contributed by atoms with E-state index in [1.165, 1.54) is 19.3 Å². The van der Waals surface area contributed by atoms with E-state index >= 15 is 0 Å². The maximum absolute atomic E-state index is 5.47. The van der Waals surface area contributed by atoms with E-state index in [2.05, 4.69) is 11.9 Å². The topological polar surface area (TPSA) is 21.3 Å². The van der Waals surface area contributed by atoms with Gasteiger partial charge in [0.2, 0.25) is 0 Å². The second kappa shape index (κ2) is 4.63. The molecule has 0 unspecified atom stereocenters. The lowest BCUT2D eigenvalue weighted by Crippen LogP contribution is -2.48. The molecule has 70 valence electrons. The van der Waals surface area contributed by atoms with Crippen molar-refractivity contribution in [2.24, 2.45) is 0 Å². The fourth-order valence-corrected chi connectivity index (χ4v) is 1.54. The molecule has 0 atom stereocenters. The predicted molar refractivity (Wildman–Crippen MR) is 51.3 cm³/mol. The first-order valence-corrected chi connectivity index (χ1v) is 4.70. The zero-order chi connectivity index (χ0) is 8.86. The van der Waals surface area contributed by atoms with Crippen molar-refractivity contribution in [2.75, 3.05) is 20.2 Å². The molecule has 2 nitrogen and oxygen atoms in total. The number of hydrogen-bond acceptors (Lipinski definition) is 2. The minimum absolute atomic E-state index is 0.168. The van der Waals surface area contributed by atoms with Crippen LogP contribution in [0.1, 0.15) is 25.7 Å². The summed E-state index contributed by atoms with van der Waals surface area (Å²) in [6.07, 6.45) is 6.72. The summed E-state index contributed by atoms with van der Waals surface area (Å²) in [5.74, 6) is 0. The SMILES string of the molecule is C=CCCNCC1(OC)CCC1. The summed E-state index contributed by atoms with van der Waals surface area (Å²) in [6.45, 7) is 5.70. The molecule has 0 spiro atoms. The van der Waals surface area contributed by atoms with Gasteiger partial charge in [-0.2, -0.15) is 0 Å². The van der Waals surface area contributed by atoms with E-state index in [0.717, 1.165) is 19.5 Å². The van der Waals surface area contributed by atoms with Crippen LogP contribution in [0.4, 0.5) is 0 Å². The monoisotopic (exact) mass is 169 g/mol. The van der Waals surface area contributed by atoms with E-state index in [1.807, 2.05) is 13.2 Å². The summed E-state index contributed by atoms with van der Waals surface area (Å²) in [5.41, 5.74) is 0.168. The Morgan fingerprint density at radius 1 is 1.58 bits per heavy atom. The summed E-state index contributed by atoms with van der Waals surface area (Å²) >= 11 is 0. The molecule has 12 heavy (non-hydrogen) atoms. The van der Waals surface area contributed by atoms with Crippen molar-refractivity contribution in [3.63, 3.8) is 0 Å². The van der Waals surface area contributed by atoms with Crippen LogP contribution in [0.25, 0.3) is 0 Å². The Kier molecular flexibility index (Phi) is 3.76. The molecule has 0 radical (unpaired) electrons. The highest BCUT2D eigenvalue weighted by atomic mass is 16.5.